The van der Waals surface area contributed by atoms with E-state index < -0.39 is 0 Å². The zero-order chi connectivity index (χ0) is 28.3. The number of aromatic nitrogens is 3. The molecular weight excluding hydrogens is 510 g/mol. The number of hydrogen-bond donors (Lipinski definition) is 0. The number of pyridine rings is 3. The van der Waals surface area contributed by atoms with Gasteiger partial charge in [-0.2, -0.15) is 0 Å². The Morgan fingerprint density at radius 2 is 1.78 bits per heavy atom. The molecule has 41 heavy (non-hydrogen) atoms. The Balaban J connectivity index is 1.30. The van der Waals surface area contributed by atoms with E-state index in [2.05, 4.69) is 84.8 Å². The van der Waals surface area contributed by atoms with Gasteiger partial charge in [-0.3, -0.25) is 19.7 Å². The number of rotatable bonds is 7. The molecule has 8 heteroatoms. The second kappa shape index (κ2) is 12.0. The van der Waals surface area contributed by atoms with E-state index in [1.54, 1.807) is 0 Å². The van der Waals surface area contributed by atoms with E-state index in [0.29, 0.717) is 12.6 Å². The maximum Gasteiger partial charge on any atom is 0.193 e. The summed E-state index contributed by atoms with van der Waals surface area (Å²) in [7, 11) is 4.24. The van der Waals surface area contributed by atoms with Crippen LogP contribution in [-0.2, 0) is 20.1 Å². The molecule has 0 radical (unpaired) electrons. The van der Waals surface area contributed by atoms with E-state index >= 15 is 0 Å². The Hall–Kier alpha value is -3.75. The molecule has 1 atom stereocenters. The van der Waals surface area contributed by atoms with Crippen LogP contribution in [0.15, 0.2) is 72.0 Å². The number of aryl methyl sites for hydroxylation is 2. The van der Waals surface area contributed by atoms with Crippen molar-refractivity contribution in [3.8, 4) is 0 Å². The van der Waals surface area contributed by atoms with Crippen molar-refractivity contribution in [2.45, 2.75) is 38.9 Å². The topological polar surface area (TPSA) is 60.7 Å². The molecule has 1 unspecified atom stereocenters. The predicted octanol–water partition coefficient (Wildman–Crippen LogP) is 4.06. The number of hydrogen-bond acceptors (Lipinski definition) is 7. The Morgan fingerprint density at radius 1 is 0.927 bits per heavy atom. The standard InChI is InChI=1S/C33H41N7O/c1-25-18-26(10-12-35-25)21-40(30-7-5-13-39(24-30)29-6-4-11-34-20-29)23-27-22-37(3)32-19-28(8-9-31(32)33(27)41)38-16-14-36(2)15-17-38/h4,6,8-12,18-20,22,30H,5,7,13-17,21,23-24H2,1-3H3. The van der Waals surface area contributed by atoms with Gasteiger partial charge in [0.15, 0.2) is 5.43 Å². The van der Waals surface area contributed by atoms with Crippen molar-refractivity contribution < 1.29 is 0 Å². The van der Waals surface area contributed by atoms with E-state index in [-0.39, 0.29) is 5.43 Å². The third kappa shape index (κ3) is 6.14. The predicted molar refractivity (Wildman–Crippen MR) is 167 cm³/mol. The summed E-state index contributed by atoms with van der Waals surface area (Å²) in [6, 6.07) is 15.1. The molecular formula is C33H41N7O. The Morgan fingerprint density at radius 3 is 2.56 bits per heavy atom. The van der Waals surface area contributed by atoms with Crippen molar-refractivity contribution in [2.75, 3.05) is 56.1 Å². The van der Waals surface area contributed by atoms with Crippen molar-refractivity contribution >= 4 is 22.3 Å². The van der Waals surface area contributed by atoms with Crippen LogP contribution in [-0.4, -0.2) is 76.7 Å². The van der Waals surface area contributed by atoms with Crippen molar-refractivity contribution in [1.82, 2.24) is 24.3 Å². The van der Waals surface area contributed by atoms with Crippen LogP contribution in [0.4, 0.5) is 11.4 Å². The van der Waals surface area contributed by atoms with Gasteiger partial charge in [0, 0.05) is 106 Å². The number of anilines is 2. The summed E-state index contributed by atoms with van der Waals surface area (Å²) < 4.78 is 2.14. The van der Waals surface area contributed by atoms with E-state index in [0.717, 1.165) is 86.5 Å². The summed E-state index contributed by atoms with van der Waals surface area (Å²) in [5.74, 6) is 0. The first-order valence-electron chi connectivity index (χ1n) is 14.8. The molecule has 3 aromatic heterocycles. The first kappa shape index (κ1) is 27.4. The third-order valence-corrected chi connectivity index (χ3v) is 8.76. The van der Waals surface area contributed by atoms with Crippen LogP contribution in [0, 0.1) is 6.92 Å². The van der Waals surface area contributed by atoms with Crippen LogP contribution in [0.25, 0.3) is 10.9 Å². The number of likely N-dealkylation sites (N-methyl/N-ethyl adjacent to an activating group) is 1. The molecule has 214 valence electrons. The van der Waals surface area contributed by atoms with Crippen molar-refractivity contribution in [3.63, 3.8) is 0 Å². The minimum atomic E-state index is 0.138. The van der Waals surface area contributed by atoms with Crippen LogP contribution in [0.3, 0.4) is 0 Å². The lowest BCUT2D eigenvalue weighted by atomic mass is 10.0. The molecule has 6 rings (SSSR count). The third-order valence-electron chi connectivity index (χ3n) is 8.76. The van der Waals surface area contributed by atoms with Gasteiger partial charge in [-0.15, -0.1) is 0 Å². The summed E-state index contributed by atoms with van der Waals surface area (Å²) in [5, 5.41) is 0.795. The normalized spacial score (nSPS) is 18.4. The molecule has 0 spiro atoms. The first-order valence-corrected chi connectivity index (χ1v) is 14.8. The second-order valence-electron chi connectivity index (χ2n) is 11.7. The quantitative estimate of drug-likeness (QED) is 0.343. The zero-order valence-corrected chi connectivity index (χ0v) is 24.5. The minimum Gasteiger partial charge on any atom is -0.369 e. The number of piperidine rings is 1. The van der Waals surface area contributed by atoms with Gasteiger partial charge < -0.3 is 19.3 Å². The van der Waals surface area contributed by atoms with Crippen LogP contribution in [0.2, 0.25) is 0 Å². The molecule has 5 heterocycles. The molecule has 0 bridgehead atoms. The smallest absolute Gasteiger partial charge is 0.193 e. The number of benzene rings is 1. The monoisotopic (exact) mass is 551 g/mol. The summed E-state index contributed by atoms with van der Waals surface area (Å²) in [4.78, 5) is 32.4. The molecule has 0 N–H and O–H groups in total. The lowest BCUT2D eigenvalue weighted by molar-refractivity contribution is 0.158. The van der Waals surface area contributed by atoms with E-state index in [9.17, 15) is 4.79 Å². The molecule has 0 aliphatic carbocycles. The SMILES string of the molecule is Cc1cc(CN(Cc2cn(C)c3cc(N4CCN(C)CC4)ccc3c2=O)C2CCCN(c3cccnc3)C2)ccn1. The molecule has 8 nitrogen and oxygen atoms in total. The maximum atomic E-state index is 13.9. The number of piperazine rings is 1. The van der Waals surface area contributed by atoms with Gasteiger partial charge >= 0.3 is 0 Å². The molecule has 2 aliphatic rings. The van der Waals surface area contributed by atoms with E-state index in [1.807, 2.05) is 37.6 Å². The Labute approximate surface area is 242 Å². The summed E-state index contributed by atoms with van der Waals surface area (Å²) in [6.07, 6.45) is 9.93. The number of nitrogens with zero attached hydrogens (tertiary/aromatic N) is 7. The lowest BCUT2D eigenvalue weighted by Crippen LogP contribution is -2.48. The average Bonchev–Trinajstić information content (AvgIpc) is 3.00. The van der Waals surface area contributed by atoms with Crippen LogP contribution in [0.5, 0.6) is 0 Å². The highest BCUT2D eigenvalue weighted by Gasteiger charge is 2.27. The fourth-order valence-electron chi connectivity index (χ4n) is 6.41. The second-order valence-corrected chi connectivity index (χ2v) is 11.7. The van der Waals surface area contributed by atoms with Crippen molar-refractivity contribution in [2.24, 2.45) is 7.05 Å². The van der Waals surface area contributed by atoms with Gasteiger partial charge in [-0.05, 0) is 74.8 Å². The summed E-state index contributed by atoms with van der Waals surface area (Å²) >= 11 is 0. The summed E-state index contributed by atoms with van der Waals surface area (Å²) in [6.45, 7) is 9.49. The van der Waals surface area contributed by atoms with E-state index in [4.69, 9.17) is 0 Å². The van der Waals surface area contributed by atoms with Crippen LogP contribution in [0.1, 0.15) is 29.7 Å². The molecule has 0 saturated carbocycles. The van der Waals surface area contributed by atoms with Gasteiger partial charge in [0.25, 0.3) is 0 Å². The molecule has 2 fully saturated rings. The van der Waals surface area contributed by atoms with Crippen LogP contribution < -0.4 is 15.2 Å². The van der Waals surface area contributed by atoms with E-state index in [1.165, 1.54) is 11.3 Å². The molecule has 4 aromatic rings. The Kier molecular flexibility index (Phi) is 8.03. The molecule has 2 aliphatic heterocycles. The molecule has 2 saturated heterocycles. The highest BCUT2D eigenvalue weighted by Crippen LogP contribution is 2.26. The first-order chi connectivity index (χ1) is 19.9. The van der Waals surface area contributed by atoms with Gasteiger partial charge in [-0.1, -0.05) is 0 Å². The van der Waals surface area contributed by atoms with Crippen LogP contribution >= 0.6 is 0 Å². The Bertz CT molecular complexity index is 1540. The lowest BCUT2D eigenvalue weighted by Gasteiger charge is -2.40. The fourth-order valence-corrected chi connectivity index (χ4v) is 6.41. The van der Waals surface area contributed by atoms with Gasteiger partial charge in [0.05, 0.1) is 17.4 Å². The maximum absolute atomic E-state index is 13.9. The van der Waals surface area contributed by atoms with Crippen molar-refractivity contribution in [3.05, 3.63) is 94.3 Å². The average molecular weight is 552 g/mol. The van der Waals surface area contributed by atoms with Crippen molar-refractivity contribution in [1.29, 1.82) is 0 Å². The fraction of sp³-hybridized carbons (Fsp3) is 0.424. The molecule has 1 aromatic carbocycles. The van der Waals surface area contributed by atoms with Gasteiger partial charge in [0.2, 0.25) is 0 Å². The highest BCUT2D eigenvalue weighted by molar-refractivity contribution is 5.83. The largest absolute Gasteiger partial charge is 0.369 e. The van der Waals surface area contributed by atoms with Gasteiger partial charge in [0.1, 0.15) is 0 Å². The van der Waals surface area contributed by atoms with Gasteiger partial charge in [-0.25, -0.2) is 0 Å². The minimum absolute atomic E-state index is 0.138. The summed E-state index contributed by atoms with van der Waals surface area (Å²) in [5.41, 5.74) is 6.57. The highest BCUT2D eigenvalue weighted by atomic mass is 16.1. The number of fused-ring (bicyclic) bond motifs is 1. The zero-order valence-electron chi connectivity index (χ0n) is 24.5. The molecule has 0 amide bonds.